The quantitative estimate of drug-likeness (QED) is 0.753. The van der Waals surface area contributed by atoms with Crippen molar-refractivity contribution in [3.8, 4) is 11.4 Å². The molecule has 0 bridgehead atoms. The molecule has 0 fully saturated rings. The van der Waals surface area contributed by atoms with Gasteiger partial charge < -0.3 is 4.52 Å². The van der Waals surface area contributed by atoms with Crippen molar-refractivity contribution in [2.24, 2.45) is 0 Å². The van der Waals surface area contributed by atoms with Gasteiger partial charge in [0.1, 0.15) is 5.69 Å². The summed E-state index contributed by atoms with van der Waals surface area (Å²) in [7, 11) is 0. The number of halogens is 3. The van der Waals surface area contributed by atoms with E-state index in [1.54, 1.807) is 6.92 Å². The van der Waals surface area contributed by atoms with Crippen LogP contribution in [0.2, 0.25) is 0 Å². The van der Waals surface area contributed by atoms with Crippen LogP contribution in [0.4, 0.5) is 13.2 Å². The molecule has 0 unspecified atom stereocenters. The Labute approximate surface area is 88.1 Å². The Morgan fingerprint density at radius 3 is 2.62 bits per heavy atom. The molecule has 2 heterocycles. The zero-order chi connectivity index (χ0) is 11.8. The van der Waals surface area contributed by atoms with Gasteiger partial charge in [0.2, 0.25) is 11.7 Å². The van der Waals surface area contributed by atoms with E-state index >= 15 is 0 Å². The van der Waals surface area contributed by atoms with Gasteiger partial charge in [0.05, 0.1) is 0 Å². The van der Waals surface area contributed by atoms with Crippen LogP contribution in [0.1, 0.15) is 11.6 Å². The highest BCUT2D eigenvalue weighted by Crippen LogP contribution is 2.29. The first-order valence-electron chi connectivity index (χ1n) is 4.31. The third-order valence-corrected chi connectivity index (χ3v) is 1.84. The molecule has 0 saturated carbocycles. The van der Waals surface area contributed by atoms with Crippen LogP contribution >= 0.6 is 0 Å². The number of aryl methyl sites for hydroxylation is 1. The average molecular weight is 229 g/mol. The molecule has 0 aliphatic carbocycles. The van der Waals surface area contributed by atoms with E-state index in [0.717, 1.165) is 12.3 Å². The normalized spacial score (nSPS) is 11.8. The summed E-state index contributed by atoms with van der Waals surface area (Å²) in [4.78, 5) is 7.06. The van der Waals surface area contributed by atoms with Crippen molar-refractivity contribution in [2.45, 2.75) is 13.1 Å². The monoisotopic (exact) mass is 229 g/mol. The third kappa shape index (κ3) is 2.02. The van der Waals surface area contributed by atoms with Crippen LogP contribution in [-0.4, -0.2) is 15.1 Å². The number of alkyl halides is 3. The van der Waals surface area contributed by atoms with E-state index in [1.165, 1.54) is 6.07 Å². The summed E-state index contributed by atoms with van der Waals surface area (Å²) < 4.78 is 41.8. The number of pyridine rings is 1. The number of aromatic nitrogens is 3. The van der Waals surface area contributed by atoms with E-state index in [0.29, 0.717) is 5.89 Å². The first-order valence-corrected chi connectivity index (χ1v) is 4.31. The summed E-state index contributed by atoms with van der Waals surface area (Å²) >= 11 is 0. The van der Waals surface area contributed by atoms with Gasteiger partial charge in [0.15, 0.2) is 0 Å². The fraction of sp³-hybridized carbons (Fsp3) is 0.222. The molecule has 7 heteroatoms. The first kappa shape index (κ1) is 10.6. The predicted octanol–water partition coefficient (Wildman–Crippen LogP) is 2.46. The van der Waals surface area contributed by atoms with Gasteiger partial charge in [-0.15, -0.1) is 0 Å². The van der Waals surface area contributed by atoms with Crippen molar-refractivity contribution >= 4 is 0 Å². The molecule has 0 aliphatic rings. The second kappa shape index (κ2) is 3.58. The van der Waals surface area contributed by atoms with Gasteiger partial charge in [-0.05, 0) is 12.1 Å². The maximum absolute atomic E-state index is 12.4. The Kier molecular flexibility index (Phi) is 2.37. The van der Waals surface area contributed by atoms with Gasteiger partial charge in [-0.1, -0.05) is 5.16 Å². The van der Waals surface area contributed by atoms with E-state index in [-0.39, 0.29) is 11.4 Å². The Balaban J connectivity index is 2.44. The summed E-state index contributed by atoms with van der Waals surface area (Å²) in [6, 6.07) is 2.27. The summed E-state index contributed by atoms with van der Waals surface area (Å²) in [5.74, 6) is 0.408. The van der Waals surface area contributed by atoms with E-state index in [9.17, 15) is 13.2 Å². The molecule has 2 aromatic heterocycles. The minimum atomic E-state index is -4.48. The molecule has 0 N–H and O–H groups in total. The highest BCUT2D eigenvalue weighted by Gasteiger charge is 2.32. The van der Waals surface area contributed by atoms with Crippen LogP contribution in [0.3, 0.4) is 0 Å². The number of rotatable bonds is 1. The molecule has 0 amide bonds. The topological polar surface area (TPSA) is 51.8 Å². The number of hydrogen-bond acceptors (Lipinski definition) is 4. The van der Waals surface area contributed by atoms with E-state index in [1.807, 2.05) is 0 Å². The van der Waals surface area contributed by atoms with Crippen LogP contribution < -0.4 is 0 Å². The zero-order valence-corrected chi connectivity index (χ0v) is 8.12. The molecule has 0 radical (unpaired) electrons. The molecule has 4 nitrogen and oxygen atoms in total. The van der Waals surface area contributed by atoms with Crippen LogP contribution in [0, 0.1) is 6.92 Å². The van der Waals surface area contributed by atoms with Crippen molar-refractivity contribution in [3.05, 3.63) is 29.9 Å². The van der Waals surface area contributed by atoms with Gasteiger partial charge in [0.25, 0.3) is 0 Å². The fourth-order valence-corrected chi connectivity index (χ4v) is 1.14. The number of hydrogen-bond donors (Lipinski definition) is 0. The van der Waals surface area contributed by atoms with Gasteiger partial charge in [-0.3, -0.25) is 4.98 Å². The highest BCUT2D eigenvalue weighted by molar-refractivity contribution is 5.54. The van der Waals surface area contributed by atoms with Crippen molar-refractivity contribution in [1.82, 2.24) is 15.1 Å². The molecule has 0 saturated heterocycles. The van der Waals surface area contributed by atoms with E-state index in [4.69, 9.17) is 0 Å². The SMILES string of the molecule is Cc1nc(-c2ccnc(C(F)(F)F)c2)no1. The lowest BCUT2D eigenvalue weighted by Gasteiger charge is -2.05. The maximum Gasteiger partial charge on any atom is 0.433 e. The standard InChI is InChI=1S/C9H6F3N3O/c1-5-14-8(15-16-5)6-2-3-13-7(4-6)9(10,11)12/h2-4H,1H3. The summed E-state index contributed by atoms with van der Waals surface area (Å²) in [6.45, 7) is 1.56. The molecule has 0 atom stereocenters. The van der Waals surface area contributed by atoms with Crippen molar-refractivity contribution in [1.29, 1.82) is 0 Å². The highest BCUT2D eigenvalue weighted by atomic mass is 19.4. The van der Waals surface area contributed by atoms with Crippen LogP contribution in [0.25, 0.3) is 11.4 Å². The lowest BCUT2D eigenvalue weighted by atomic mass is 10.2. The summed E-state index contributed by atoms with van der Waals surface area (Å²) in [5.41, 5.74) is -0.758. The molecule has 0 aromatic carbocycles. The van der Waals surface area contributed by atoms with Crippen molar-refractivity contribution < 1.29 is 17.7 Å². The van der Waals surface area contributed by atoms with Crippen LogP contribution in [0.15, 0.2) is 22.9 Å². The molecule has 2 rings (SSSR count). The average Bonchev–Trinajstić information content (AvgIpc) is 2.64. The van der Waals surface area contributed by atoms with Crippen LogP contribution in [0.5, 0.6) is 0 Å². The van der Waals surface area contributed by atoms with E-state index < -0.39 is 11.9 Å². The second-order valence-electron chi connectivity index (χ2n) is 3.06. The van der Waals surface area contributed by atoms with E-state index in [2.05, 4.69) is 19.6 Å². The van der Waals surface area contributed by atoms with Gasteiger partial charge in [0, 0.05) is 18.7 Å². The molecule has 84 valence electrons. The lowest BCUT2D eigenvalue weighted by molar-refractivity contribution is -0.141. The zero-order valence-electron chi connectivity index (χ0n) is 8.12. The fourth-order valence-electron chi connectivity index (χ4n) is 1.14. The lowest BCUT2D eigenvalue weighted by Crippen LogP contribution is -2.07. The van der Waals surface area contributed by atoms with Gasteiger partial charge in [-0.25, -0.2) is 0 Å². The second-order valence-corrected chi connectivity index (χ2v) is 3.06. The predicted molar refractivity (Wildman–Crippen MR) is 47.3 cm³/mol. The molecule has 2 aromatic rings. The molecule has 16 heavy (non-hydrogen) atoms. The molecular weight excluding hydrogens is 223 g/mol. The summed E-state index contributed by atoms with van der Waals surface area (Å²) in [6.07, 6.45) is -3.42. The third-order valence-electron chi connectivity index (χ3n) is 1.84. The first-order chi connectivity index (χ1) is 7.47. The van der Waals surface area contributed by atoms with Gasteiger partial charge >= 0.3 is 6.18 Å². The maximum atomic E-state index is 12.4. The number of nitrogens with zero attached hydrogens (tertiary/aromatic N) is 3. The molecular formula is C9H6F3N3O. The largest absolute Gasteiger partial charge is 0.433 e. The minimum absolute atomic E-state index is 0.116. The Hall–Kier alpha value is -1.92. The molecule has 0 spiro atoms. The molecule has 0 aliphatic heterocycles. The minimum Gasteiger partial charge on any atom is -0.339 e. The van der Waals surface area contributed by atoms with Crippen molar-refractivity contribution in [3.63, 3.8) is 0 Å². The summed E-state index contributed by atoms with van der Waals surface area (Å²) in [5, 5.41) is 3.53. The van der Waals surface area contributed by atoms with Gasteiger partial charge in [-0.2, -0.15) is 18.2 Å². The van der Waals surface area contributed by atoms with Crippen molar-refractivity contribution in [2.75, 3.05) is 0 Å². The Morgan fingerprint density at radius 2 is 2.06 bits per heavy atom. The smallest absolute Gasteiger partial charge is 0.339 e. The Bertz CT molecular complexity index is 507. The van der Waals surface area contributed by atoms with Crippen LogP contribution in [-0.2, 0) is 6.18 Å². The Morgan fingerprint density at radius 1 is 1.31 bits per heavy atom.